The number of aryl methyl sites for hydroxylation is 2. The summed E-state index contributed by atoms with van der Waals surface area (Å²) in [6.45, 7) is 5.15. The van der Waals surface area contributed by atoms with Crippen LogP contribution in [0.3, 0.4) is 0 Å². The van der Waals surface area contributed by atoms with Crippen LogP contribution >= 0.6 is 11.6 Å². The predicted molar refractivity (Wildman–Crippen MR) is 137 cm³/mol. The third kappa shape index (κ3) is 4.99. The maximum absolute atomic E-state index is 13.4. The lowest BCUT2D eigenvalue weighted by molar-refractivity contribution is -0.121. The van der Waals surface area contributed by atoms with Crippen LogP contribution in [0.4, 0.5) is 11.6 Å². The molecule has 0 saturated heterocycles. The van der Waals surface area contributed by atoms with Crippen molar-refractivity contribution in [2.24, 2.45) is 11.1 Å². The molecule has 0 aliphatic rings. The largest absolute Gasteiger partial charge is 0.461 e. The number of halogens is 1. The van der Waals surface area contributed by atoms with Gasteiger partial charge in [0.2, 0.25) is 5.95 Å². The number of nitrogens with zero attached hydrogens (tertiary/aromatic N) is 4. The molecule has 0 aliphatic carbocycles. The Balaban J connectivity index is 1.80. The molecule has 0 unspecified atom stereocenters. The second-order valence-electron chi connectivity index (χ2n) is 8.49. The van der Waals surface area contributed by atoms with Crippen molar-refractivity contribution in [3.8, 4) is 0 Å². The summed E-state index contributed by atoms with van der Waals surface area (Å²) >= 11 is 5.99. The molecule has 4 aromatic rings. The second-order valence-corrected chi connectivity index (χ2v) is 8.93. The molecule has 0 bridgehead atoms. The van der Waals surface area contributed by atoms with Crippen LogP contribution in [0.2, 0.25) is 5.02 Å². The quantitative estimate of drug-likeness (QED) is 0.348. The van der Waals surface area contributed by atoms with E-state index in [4.69, 9.17) is 16.0 Å². The first kappa shape index (κ1) is 25.1. The van der Waals surface area contributed by atoms with Crippen LogP contribution in [-0.2, 0) is 24.3 Å². The van der Waals surface area contributed by atoms with E-state index in [2.05, 4.69) is 15.5 Å². The molecule has 36 heavy (non-hydrogen) atoms. The van der Waals surface area contributed by atoms with Crippen molar-refractivity contribution in [2.45, 2.75) is 40.3 Å². The zero-order valence-corrected chi connectivity index (χ0v) is 20.7. The Labute approximate surface area is 210 Å². The Morgan fingerprint density at radius 3 is 2.56 bits per heavy atom. The standard InChI is InChI=1S/C25H24ClN5O5/c1-4-20-15(3)19-11-18(9-10-21(19)36-20)27-23-28-24(33)31(12-14(2)22(32)29-35)25(34)30(23)13-16-5-7-17(26)8-6-16/h5-11,14H,4,12-13H2,1-3H3,(H,27,28,33)/t14-/m0/s1. The monoisotopic (exact) mass is 509 g/mol. The van der Waals surface area contributed by atoms with Crippen molar-refractivity contribution in [3.05, 3.63) is 90.2 Å². The molecular weight excluding hydrogens is 486 g/mol. The van der Waals surface area contributed by atoms with Crippen LogP contribution in [-0.4, -0.2) is 20.0 Å². The number of hydrogen-bond acceptors (Lipinski definition) is 7. The third-order valence-corrected chi connectivity index (χ3v) is 6.24. The van der Waals surface area contributed by atoms with Gasteiger partial charge >= 0.3 is 11.4 Å². The fourth-order valence-corrected chi connectivity index (χ4v) is 4.08. The van der Waals surface area contributed by atoms with Gasteiger partial charge in [0.1, 0.15) is 11.3 Å². The van der Waals surface area contributed by atoms with Gasteiger partial charge in [-0.3, -0.25) is 9.36 Å². The Morgan fingerprint density at radius 1 is 1.17 bits per heavy atom. The molecule has 1 amide bonds. The molecule has 0 aliphatic heterocycles. The highest BCUT2D eigenvalue weighted by atomic mass is 35.5. The zero-order chi connectivity index (χ0) is 26.0. The van der Waals surface area contributed by atoms with Gasteiger partial charge in [0.15, 0.2) is 0 Å². The Kier molecular flexibility index (Phi) is 7.16. The molecule has 2 heterocycles. The van der Waals surface area contributed by atoms with Crippen molar-refractivity contribution < 1.29 is 9.21 Å². The number of carbonyl (C=O) groups is 1. The Morgan fingerprint density at radius 2 is 1.89 bits per heavy atom. The summed E-state index contributed by atoms with van der Waals surface area (Å²) in [6, 6.07) is 12.3. The summed E-state index contributed by atoms with van der Waals surface area (Å²) in [5, 5.41) is 6.92. The van der Waals surface area contributed by atoms with E-state index in [-0.39, 0.29) is 19.0 Å². The molecular formula is C25H24ClN5O5. The first-order valence-electron chi connectivity index (χ1n) is 11.3. The summed E-state index contributed by atoms with van der Waals surface area (Å²) in [4.78, 5) is 52.6. The minimum atomic E-state index is -0.961. The molecule has 2 aromatic carbocycles. The van der Waals surface area contributed by atoms with Crippen molar-refractivity contribution >= 4 is 40.1 Å². The maximum Gasteiger partial charge on any atom is 0.354 e. The summed E-state index contributed by atoms with van der Waals surface area (Å²) < 4.78 is 7.98. The molecule has 186 valence electrons. The normalized spacial score (nSPS) is 12.0. The SMILES string of the molecule is CCc1oc2ccc(Nc3nc(=O)n(C[C@H](C)C(=O)N=O)c(=O)n3Cc3ccc(Cl)cc3)cc2c1C. The van der Waals surface area contributed by atoms with Crippen molar-refractivity contribution in [1.29, 1.82) is 0 Å². The Bertz CT molecular complexity index is 1570. The number of carbonyl (C=O) groups excluding carboxylic acids is 1. The van der Waals surface area contributed by atoms with Gasteiger partial charge in [0.25, 0.3) is 5.91 Å². The molecule has 10 nitrogen and oxygen atoms in total. The minimum absolute atomic E-state index is 0.0277. The van der Waals surface area contributed by atoms with Crippen LogP contribution in [0.25, 0.3) is 11.0 Å². The van der Waals surface area contributed by atoms with E-state index in [0.29, 0.717) is 10.7 Å². The van der Waals surface area contributed by atoms with Gasteiger partial charge in [-0.1, -0.05) is 37.6 Å². The smallest absolute Gasteiger partial charge is 0.354 e. The summed E-state index contributed by atoms with van der Waals surface area (Å²) in [5.74, 6) is -1.00. The van der Waals surface area contributed by atoms with Gasteiger partial charge in [-0.15, -0.1) is 4.91 Å². The molecule has 11 heteroatoms. The van der Waals surface area contributed by atoms with Crippen LogP contribution in [0.15, 0.2) is 61.6 Å². The number of benzene rings is 2. The lowest BCUT2D eigenvalue weighted by Crippen LogP contribution is -2.44. The van der Waals surface area contributed by atoms with Gasteiger partial charge in [0.05, 0.1) is 12.5 Å². The van der Waals surface area contributed by atoms with E-state index >= 15 is 0 Å². The van der Waals surface area contributed by atoms with Gasteiger partial charge in [-0.25, -0.2) is 14.2 Å². The second kappa shape index (κ2) is 10.3. The third-order valence-electron chi connectivity index (χ3n) is 5.98. The van der Waals surface area contributed by atoms with Gasteiger partial charge in [-0.2, -0.15) is 4.98 Å². The van der Waals surface area contributed by atoms with E-state index < -0.39 is 23.2 Å². The molecule has 1 N–H and O–H groups in total. The van der Waals surface area contributed by atoms with E-state index in [1.54, 1.807) is 30.3 Å². The van der Waals surface area contributed by atoms with Crippen LogP contribution in [0.1, 0.15) is 30.7 Å². The van der Waals surface area contributed by atoms with Crippen LogP contribution < -0.4 is 16.7 Å². The van der Waals surface area contributed by atoms with Crippen LogP contribution in [0, 0.1) is 17.7 Å². The van der Waals surface area contributed by atoms with Gasteiger partial charge < -0.3 is 9.73 Å². The van der Waals surface area contributed by atoms with Gasteiger partial charge in [-0.05, 0) is 48.4 Å². The molecule has 0 saturated carbocycles. The number of fused-ring (bicyclic) bond motifs is 1. The average Bonchev–Trinajstić information content (AvgIpc) is 3.19. The van der Waals surface area contributed by atoms with Crippen molar-refractivity contribution in [2.75, 3.05) is 5.32 Å². The zero-order valence-electron chi connectivity index (χ0n) is 19.9. The molecule has 0 fully saturated rings. The number of nitrogens with one attached hydrogen (secondary N) is 1. The predicted octanol–water partition coefficient (Wildman–Crippen LogP) is 4.40. The van der Waals surface area contributed by atoms with Crippen LogP contribution in [0.5, 0.6) is 0 Å². The fourth-order valence-electron chi connectivity index (χ4n) is 3.95. The molecule has 1 atom stereocenters. The number of amides is 1. The first-order chi connectivity index (χ1) is 17.2. The van der Waals surface area contributed by atoms with E-state index in [0.717, 1.165) is 38.8 Å². The number of anilines is 2. The topological polar surface area (TPSA) is 129 Å². The molecule has 0 radical (unpaired) electrons. The van der Waals surface area contributed by atoms with Crippen molar-refractivity contribution in [1.82, 2.24) is 14.1 Å². The number of hydrogen-bond donors (Lipinski definition) is 1. The number of rotatable bonds is 8. The first-order valence-corrected chi connectivity index (χ1v) is 11.7. The Hall–Kier alpha value is -4.05. The minimum Gasteiger partial charge on any atom is -0.461 e. The van der Waals surface area contributed by atoms with Gasteiger partial charge in [0, 0.05) is 34.2 Å². The van der Waals surface area contributed by atoms with Crippen molar-refractivity contribution in [3.63, 3.8) is 0 Å². The highest BCUT2D eigenvalue weighted by Crippen LogP contribution is 2.29. The number of aromatic nitrogens is 3. The van der Waals surface area contributed by atoms with E-state index in [1.807, 2.05) is 26.0 Å². The lowest BCUT2D eigenvalue weighted by Gasteiger charge is -2.16. The number of nitroso groups, excluding NO2 is 1. The van der Waals surface area contributed by atoms with E-state index in [9.17, 15) is 19.3 Å². The summed E-state index contributed by atoms with van der Waals surface area (Å²) in [5.41, 5.74) is 1.56. The summed E-state index contributed by atoms with van der Waals surface area (Å²) in [7, 11) is 0. The molecule has 0 spiro atoms. The summed E-state index contributed by atoms with van der Waals surface area (Å²) in [6.07, 6.45) is 0.754. The fraction of sp³-hybridized carbons (Fsp3) is 0.280. The highest BCUT2D eigenvalue weighted by Gasteiger charge is 2.20. The molecule has 4 rings (SSSR count). The molecule has 2 aromatic heterocycles. The average molecular weight is 510 g/mol. The number of furan rings is 1. The maximum atomic E-state index is 13.4. The lowest BCUT2D eigenvalue weighted by atomic mass is 10.1. The van der Waals surface area contributed by atoms with E-state index in [1.165, 1.54) is 11.5 Å². The highest BCUT2D eigenvalue weighted by molar-refractivity contribution is 6.30.